The number of urea groups is 1. The van der Waals surface area contributed by atoms with Crippen LogP contribution in [0.25, 0.3) is 0 Å². The SMILES string of the molecule is C=CCCCC(O)N1C(=O)N(C(O)CCCC=C)C(C)(C)C1=O. The molecule has 0 saturated carbocycles. The maximum Gasteiger partial charge on any atom is 0.331 e. The molecular formula is C17H28N2O4. The number of aliphatic hydroxyl groups excluding tert-OH is 2. The van der Waals surface area contributed by atoms with Gasteiger partial charge in [0.1, 0.15) is 18.0 Å². The minimum absolute atomic E-state index is 0.292. The van der Waals surface area contributed by atoms with Crippen LogP contribution < -0.4 is 0 Å². The number of rotatable bonds is 10. The summed E-state index contributed by atoms with van der Waals surface area (Å²) in [5.74, 6) is -0.489. The number of amides is 3. The van der Waals surface area contributed by atoms with Crippen LogP contribution in [-0.4, -0.2) is 49.9 Å². The summed E-state index contributed by atoms with van der Waals surface area (Å²) in [5, 5.41) is 20.5. The zero-order valence-corrected chi connectivity index (χ0v) is 14.1. The van der Waals surface area contributed by atoms with Crippen molar-refractivity contribution in [3.05, 3.63) is 25.3 Å². The number of aliphatic hydroxyl groups is 2. The first-order chi connectivity index (χ1) is 10.8. The van der Waals surface area contributed by atoms with Crippen LogP contribution in [0.2, 0.25) is 0 Å². The molecule has 23 heavy (non-hydrogen) atoms. The van der Waals surface area contributed by atoms with E-state index < -0.39 is 29.9 Å². The summed E-state index contributed by atoms with van der Waals surface area (Å²) < 4.78 is 0. The normalized spacial score (nSPS) is 19.8. The number of nitrogens with zero attached hydrogens (tertiary/aromatic N) is 2. The summed E-state index contributed by atoms with van der Waals surface area (Å²) in [6, 6.07) is -0.641. The highest BCUT2D eigenvalue weighted by molar-refractivity contribution is 6.06. The zero-order valence-electron chi connectivity index (χ0n) is 14.1. The molecule has 2 unspecified atom stereocenters. The molecule has 0 radical (unpaired) electrons. The predicted molar refractivity (Wildman–Crippen MR) is 88.3 cm³/mol. The second-order valence-electron chi connectivity index (χ2n) is 6.29. The number of allylic oxidation sites excluding steroid dienone is 2. The van der Waals surface area contributed by atoms with E-state index in [4.69, 9.17) is 0 Å². The Kier molecular flexibility index (Phi) is 6.97. The highest BCUT2D eigenvalue weighted by atomic mass is 16.3. The van der Waals surface area contributed by atoms with E-state index in [2.05, 4.69) is 13.2 Å². The molecule has 3 amide bonds. The predicted octanol–water partition coefficient (Wildman–Crippen LogP) is 2.38. The molecule has 0 aromatic heterocycles. The Morgan fingerprint density at radius 3 is 2.00 bits per heavy atom. The minimum atomic E-state index is -1.18. The highest BCUT2D eigenvalue weighted by Crippen LogP contribution is 2.32. The number of carbonyl (C=O) groups excluding carboxylic acids is 2. The van der Waals surface area contributed by atoms with Gasteiger partial charge in [-0.15, -0.1) is 13.2 Å². The molecule has 1 aliphatic heterocycles. The molecule has 0 bridgehead atoms. The van der Waals surface area contributed by atoms with E-state index in [1.807, 2.05) is 0 Å². The second kappa shape index (κ2) is 8.26. The van der Waals surface area contributed by atoms with E-state index in [0.717, 1.165) is 16.2 Å². The molecule has 0 aliphatic carbocycles. The van der Waals surface area contributed by atoms with Crippen molar-refractivity contribution >= 4 is 11.9 Å². The van der Waals surface area contributed by atoms with Crippen LogP contribution >= 0.6 is 0 Å². The monoisotopic (exact) mass is 324 g/mol. The molecule has 0 aromatic rings. The Morgan fingerprint density at radius 2 is 1.52 bits per heavy atom. The Labute approximate surface area is 138 Å². The van der Waals surface area contributed by atoms with Crippen LogP contribution in [0.4, 0.5) is 4.79 Å². The molecular weight excluding hydrogens is 296 g/mol. The molecule has 1 aliphatic rings. The van der Waals surface area contributed by atoms with E-state index in [1.165, 1.54) is 0 Å². The van der Waals surface area contributed by atoms with Gasteiger partial charge in [-0.1, -0.05) is 12.2 Å². The van der Waals surface area contributed by atoms with Crippen molar-refractivity contribution < 1.29 is 19.8 Å². The lowest BCUT2D eigenvalue weighted by molar-refractivity contribution is -0.140. The van der Waals surface area contributed by atoms with E-state index in [0.29, 0.717) is 32.1 Å². The van der Waals surface area contributed by atoms with Gasteiger partial charge < -0.3 is 10.2 Å². The van der Waals surface area contributed by atoms with E-state index in [-0.39, 0.29) is 0 Å². The summed E-state index contributed by atoms with van der Waals surface area (Å²) in [7, 11) is 0. The molecule has 1 heterocycles. The molecule has 6 heteroatoms. The Balaban J connectivity index is 2.85. The van der Waals surface area contributed by atoms with Crippen LogP contribution in [-0.2, 0) is 4.79 Å². The van der Waals surface area contributed by atoms with Crippen LogP contribution in [0, 0.1) is 0 Å². The molecule has 2 atom stereocenters. The largest absolute Gasteiger partial charge is 0.373 e. The van der Waals surface area contributed by atoms with Gasteiger partial charge in [-0.3, -0.25) is 9.69 Å². The van der Waals surface area contributed by atoms with Crippen molar-refractivity contribution in [2.75, 3.05) is 0 Å². The van der Waals surface area contributed by atoms with E-state index >= 15 is 0 Å². The van der Waals surface area contributed by atoms with E-state index in [9.17, 15) is 19.8 Å². The summed E-state index contributed by atoms with van der Waals surface area (Å²) >= 11 is 0. The molecule has 0 aromatic carbocycles. The zero-order chi connectivity index (χ0) is 17.6. The minimum Gasteiger partial charge on any atom is -0.373 e. The first-order valence-electron chi connectivity index (χ1n) is 8.03. The van der Waals surface area contributed by atoms with Crippen molar-refractivity contribution in [1.29, 1.82) is 0 Å². The number of imide groups is 1. The molecule has 1 rings (SSSR count). The lowest BCUT2D eigenvalue weighted by Crippen LogP contribution is -2.50. The number of unbranched alkanes of at least 4 members (excludes halogenated alkanes) is 2. The quantitative estimate of drug-likeness (QED) is 0.367. The summed E-state index contributed by atoms with van der Waals surface area (Å²) in [4.78, 5) is 27.1. The van der Waals surface area contributed by atoms with Gasteiger partial charge in [0.2, 0.25) is 0 Å². The number of hydrogen-bond donors (Lipinski definition) is 2. The average molecular weight is 324 g/mol. The molecule has 1 saturated heterocycles. The molecule has 2 N–H and O–H groups in total. The molecule has 6 nitrogen and oxygen atoms in total. The number of carbonyl (C=O) groups is 2. The third-order valence-electron chi connectivity index (χ3n) is 4.09. The van der Waals surface area contributed by atoms with Crippen molar-refractivity contribution in [3.8, 4) is 0 Å². The summed E-state index contributed by atoms with van der Waals surface area (Å²) in [6.45, 7) is 10.4. The maximum absolute atomic E-state index is 12.6. The highest BCUT2D eigenvalue weighted by Gasteiger charge is 2.55. The van der Waals surface area contributed by atoms with Crippen molar-refractivity contribution in [2.24, 2.45) is 0 Å². The van der Waals surface area contributed by atoms with Gasteiger partial charge in [-0.05, 0) is 52.4 Å². The second-order valence-corrected chi connectivity index (χ2v) is 6.29. The first-order valence-corrected chi connectivity index (χ1v) is 8.03. The van der Waals surface area contributed by atoms with Gasteiger partial charge in [-0.2, -0.15) is 0 Å². The molecule has 1 fully saturated rings. The summed E-state index contributed by atoms with van der Waals surface area (Å²) in [6.07, 6.45) is 4.59. The van der Waals surface area contributed by atoms with Crippen molar-refractivity contribution in [1.82, 2.24) is 9.80 Å². The third-order valence-corrected chi connectivity index (χ3v) is 4.09. The maximum atomic E-state index is 12.6. The fourth-order valence-electron chi connectivity index (χ4n) is 2.75. The Bertz CT molecular complexity index is 462. The van der Waals surface area contributed by atoms with Gasteiger partial charge in [-0.25, -0.2) is 9.69 Å². The Morgan fingerprint density at radius 1 is 1.04 bits per heavy atom. The van der Waals surface area contributed by atoms with Crippen molar-refractivity contribution in [2.45, 2.75) is 70.4 Å². The fourth-order valence-corrected chi connectivity index (χ4v) is 2.75. The van der Waals surface area contributed by atoms with Crippen LogP contribution in [0.1, 0.15) is 52.4 Å². The summed E-state index contributed by atoms with van der Waals surface area (Å²) in [5.41, 5.74) is -1.18. The fraction of sp³-hybridized carbons (Fsp3) is 0.647. The third kappa shape index (κ3) is 4.20. The van der Waals surface area contributed by atoms with Crippen LogP contribution in [0.3, 0.4) is 0 Å². The lowest BCUT2D eigenvalue weighted by Gasteiger charge is -2.32. The number of hydrogen-bond acceptors (Lipinski definition) is 4. The van der Waals surface area contributed by atoms with Gasteiger partial charge in [0.05, 0.1) is 0 Å². The van der Waals surface area contributed by atoms with Crippen molar-refractivity contribution in [3.63, 3.8) is 0 Å². The average Bonchev–Trinajstić information content (AvgIpc) is 2.65. The van der Waals surface area contributed by atoms with Gasteiger partial charge in [0.15, 0.2) is 0 Å². The molecule has 0 spiro atoms. The van der Waals surface area contributed by atoms with Gasteiger partial charge >= 0.3 is 6.03 Å². The van der Waals surface area contributed by atoms with Gasteiger partial charge in [0, 0.05) is 0 Å². The van der Waals surface area contributed by atoms with Gasteiger partial charge in [0.25, 0.3) is 5.91 Å². The Hall–Kier alpha value is -1.66. The van der Waals surface area contributed by atoms with E-state index in [1.54, 1.807) is 26.0 Å². The standard InChI is InChI=1S/C17H28N2O4/c1-5-7-9-11-13(20)18-15(22)17(3,4)19(16(18)23)14(21)12-10-8-6-2/h5-6,13-14,20-21H,1-2,7-12H2,3-4H3. The molecule has 130 valence electrons. The van der Waals surface area contributed by atoms with Crippen LogP contribution in [0.15, 0.2) is 25.3 Å². The smallest absolute Gasteiger partial charge is 0.331 e. The lowest BCUT2D eigenvalue weighted by atomic mass is 10.0. The van der Waals surface area contributed by atoms with Crippen LogP contribution in [0.5, 0.6) is 0 Å². The first kappa shape index (κ1) is 19.4. The topological polar surface area (TPSA) is 81.1 Å².